The van der Waals surface area contributed by atoms with Gasteiger partial charge in [0.2, 0.25) is 0 Å². The summed E-state index contributed by atoms with van der Waals surface area (Å²) < 4.78 is 1.56. The third kappa shape index (κ3) is 1.13. The molecule has 0 aliphatic heterocycles. The van der Waals surface area contributed by atoms with E-state index in [4.69, 9.17) is 5.26 Å². The summed E-state index contributed by atoms with van der Waals surface area (Å²) in [5.41, 5.74) is 0. The van der Waals surface area contributed by atoms with Gasteiger partial charge in [-0.2, -0.15) is 10.4 Å². The van der Waals surface area contributed by atoms with Gasteiger partial charge in [0.1, 0.15) is 18.7 Å². The first-order valence-corrected chi connectivity index (χ1v) is 3.12. The van der Waals surface area contributed by atoms with Crippen LogP contribution in [0.5, 0.6) is 0 Å². The molecule has 52 valence electrons. The minimum Gasteiger partial charge on any atom is -0.236 e. The molecule has 0 amide bonds. The van der Waals surface area contributed by atoms with Crippen molar-refractivity contribution >= 4 is 0 Å². The van der Waals surface area contributed by atoms with Crippen LogP contribution in [0.2, 0.25) is 0 Å². The molecule has 0 saturated carbocycles. The van der Waals surface area contributed by atoms with Crippen molar-refractivity contribution < 1.29 is 0 Å². The quantitative estimate of drug-likeness (QED) is 0.602. The monoisotopic (exact) mass is 136 g/mol. The molecule has 1 aromatic heterocycles. The van der Waals surface area contributed by atoms with Gasteiger partial charge in [-0.1, -0.05) is 6.92 Å². The van der Waals surface area contributed by atoms with Gasteiger partial charge in [-0.3, -0.25) is 0 Å². The highest BCUT2D eigenvalue weighted by molar-refractivity contribution is 4.86. The van der Waals surface area contributed by atoms with Crippen LogP contribution in [0.3, 0.4) is 0 Å². The lowest BCUT2D eigenvalue weighted by Gasteiger charge is -2.02. The third-order valence-electron chi connectivity index (χ3n) is 1.29. The predicted molar refractivity (Wildman–Crippen MR) is 35.0 cm³/mol. The fraction of sp³-hybridized carbons (Fsp3) is 0.500. The van der Waals surface area contributed by atoms with Crippen LogP contribution in [0, 0.1) is 11.3 Å². The molecule has 0 spiro atoms. The number of rotatable bonds is 2. The Morgan fingerprint density at radius 1 is 1.80 bits per heavy atom. The Bertz CT molecular complexity index is 220. The van der Waals surface area contributed by atoms with Crippen molar-refractivity contribution in [3.63, 3.8) is 0 Å². The van der Waals surface area contributed by atoms with E-state index in [-0.39, 0.29) is 6.04 Å². The fourth-order valence-electron chi connectivity index (χ4n) is 0.716. The summed E-state index contributed by atoms with van der Waals surface area (Å²) in [6.45, 7) is 1.94. The van der Waals surface area contributed by atoms with Gasteiger partial charge < -0.3 is 0 Å². The minimum absolute atomic E-state index is 0.164. The molecule has 1 rings (SSSR count). The summed E-state index contributed by atoms with van der Waals surface area (Å²) in [5, 5.41) is 12.4. The summed E-state index contributed by atoms with van der Waals surface area (Å²) in [5.74, 6) is 0. The number of hydrogen-bond acceptors (Lipinski definition) is 3. The van der Waals surface area contributed by atoms with Crippen LogP contribution >= 0.6 is 0 Å². The molecule has 0 aromatic carbocycles. The van der Waals surface area contributed by atoms with Crippen molar-refractivity contribution in [1.29, 1.82) is 5.26 Å². The maximum absolute atomic E-state index is 8.56. The Labute approximate surface area is 59.1 Å². The third-order valence-corrected chi connectivity index (χ3v) is 1.29. The van der Waals surface area contributed by atoms with Crippen LogP contribution in [-0.4, -0.2) is 14.8 Å². The molecular formula is C6H8N4. The van der Waals surface area contributed by atoms with Gasteiger partial charge in [0.05, 0.1) is 6.07 Å². The molecule has 1 aromatic rings. The van der Waals surface area contributed by atoms with Crippen LogP contribution < -0.4 is 0 Å². The van der Waals surface area contributed by atoms with Crippen molar-refractivity contribution in [2.24, 2.45) is 0 Å². The highest BCUT2D eigenvalue weighted by atomic mass is 15.3. The Morgan fingerprint density at radius 2 is 2.60 bits per heavy atom. The maximum atomic E-state index is 8.56. The summed E-state index contributed by atoms with van der Waals surface area (Å²) in [6, 6.07) is 1.95. The number of nitriles is 1. The molecule has 4 nitrogen and oxygen atoms in total. The zero-order valence-corrected chi connectivity index (χ0v) is 5.73. The van der Waals surface area contributed by atoms with Crippen LogP contribution in [0.1, 0.15) is 19.4 Å². The van der Waals surface area contributed by atoms with Crippen molar-refractivity contribution in [1.82, 2.24) is 14.8 Å². The van der Waals surface area contributed by atoms with Gasteiger partial charge in [0.25, 0.3) is 0 Å². The Balaban J connectivity index is 2.76. The van der Waals surface area contributed by atoms with Gasteiger partial charge >= 0.3 is 0 Å². The lowest BCUT2D eigenvalue weighted by atomic mass is 10.3. The van der Waals surface area contributed by atoms with Crippen LogP contribution in [0.15, 0.2) is 12.7 Å². The Morgan fingerprint density at radius 3 is 3.00 bits per heavy atom. The van der Waals surface area contributed by atoms with Gasteiger partial charge in [0, 0.05) is 0 Å². The van der Waals surface area contributed by atoms with Crippen LogP contribution in [0.25, 0.3) is 0 Å². The highest BCUT2D eigenvalue weighted by Gasteiger charge is 2.04. The first-order chi connectivity index (χ1) is 4.88. The van der Waals surface area contributed by atoms with Crippen LogP contribution in [-0.2, 0) is 0 Å². The van der Waals surface area contributed by atoms with E-state index in [2.05, 4.69) is 16.2 Å². The van der Waals surface area contributed by atoms with Crippen molar-refractivity contribution in [3.05, 3.63) is 12.7 Å². The van der Waals surface area contributed by atoms with Crippen molar-refractivity contribution in [3.8, 4) is 6.07 Å². The largest absolute Gasteiger partial charge is 0.236 e. The van der Waals surface area contributed by atoms with E-state index in [1.54, 1.807) is 11.0 Å². The summed E-state index contributed by atoms with van der Waals surface area (Å²) in [4.78, 5) is 3.74. The molecular weight excluding hydrogens is 128 g/mol. The lowest BCUT2D eigenvalue weighted by Crippen LogP contribution is -2.05. The normalized spacial score (nSPS) is 12.4. The minimum atomic E-state index is -0.164. The van der Waals surface area contributed by atoms with Gasteiger partial charge in [-0.05, 0) is 6.42 Å². The molecule has 0 aliphatic carbocycles. The molecule has 0 radical (unpaired) electrons. The lowest BCUT2D eigenvalue weighted by molar-refractivity contribution is 0.533. The summed E-state index contributed by atoms with van der Waals surface area (Å²) in [6.07, 6.45) is 3.75. The number of aromatic nitrogens is 3. The standard InChI is InChI=1S/C6H8N4/c1-2-6(3-7)10-5-8-4-9-10/h4-6H,2H2,1H3. The zero-order chi connectivity index (χ0) is 7.40. The van der Waals surface area contributed by atoms with Gasteiger partial charge in [-0.25, -0.2) is 9.67 Å². The Kier molecular flexibility index (Phi) is 2.00. The molecule has 1 unspecified atom stereocenters. The Hall–Kier alpha value is -1.37. The molecule has 1 atom stereocenters. The first-order valence-electron chi connectivity index (χ1n) is 3.12. The topological polar surface area (TPSA) is 54.5 Å². The second-order valence-electron chi connectivity index (χ2n) is 1.93. The number of nitrogens with zero attached hydrogens (tertiary/aromatic N) is 4. The van der Waals surface area contributed by atoms with Gasteiger partial charge in [-0.15, -0.1) is 0 Å². The van der Waals surface area contributed by atoms with Crippen molar-refractivity contribution in [2.45, 2.75) is 19.4 Å². The molecule has 4 heteroatoms. The molecule has 1 heterocycles. The summed E-state index contributed by atoms with van der Waals surface area (Å²) >= 11 is 0. The maximum Gasteiger partial charge on any atom is 0.140 e. The first kappa shape index (κ1) is 6.75. The molecule has 0 aliphatic rings. The second-order valence-corrected chi connectivity index (χ2v) is 1.93. The SMILES string of the molecule is CCC(C#N)n1cncn1. The predicted octanol–water partition coefficient (Wildman–Crippen LogP) is 0.753. The molecule has 10 heavy (non-hydrogen) atoms. The molecule has 0 fully saturated rings. The van der Waals surface area contributed by atoms with E-state index in [1.807, 2.05) is 6.92 Å². The van der Waals surface area contributed by atoms with Crippen molar-refractivity contribution in [2.75, 3.05) is 0 Å². The fourth-order valence-corrected chi connectivity index (χ4v) is 0.716. The average Bonchev–Trinajstić information content (AvgIpc) is 2.43. The molecule has 0 saturated heterocycles. The van der Waals surface area contributed by atoms with E-state index in [9.17, 15) is 0 Å². The average molecular weight is 136 g/mol. The second kappa shape index (κ2) is 2.97. The van der Waals surface area contributed by atoms with E-state index in [0.717, 1.165) is 6.42 Å². The summed E-state index contributed by atoms with van der Waals surface area (Å²) in [7, 11) is 0. The van der Waals surface area contributed by atoms with E-state index in [1.165, 1.54) is 6.33 Å². The smallest absolute Gasteiger partial charge is 0.140 e. The number of hydrogen-bond donors (Lipinski definition) is 0. The van der Waals surface area contributed by atoms with Crippen LogP contribution in [0.4, 0.5) is 0 Å². The van der Waals surface area contributed by atoms with E-state index < -0.39 is 0 Å². The van der Waals surface area contributed by atoms with E-state index in [0.29, 0.717) is 0 Å². The molecule has 0 bridgehead atoms. The zero-order valence-electron chi connectivity index (χ0n) is 5.73. The van der Waals surface area contributed by atoms with Gasteiger partial charge in [0.15, 0.2) is 0 Å². The highest BCUT2D eigenvalue weighted by Crippen LogP contribution is 2.04. The van der Waals surface area contributed by atoms with E-state index >= 15 is 0 Å². The molecule has 0 N–H and O–H groups in total.